The topological polar surface area (TPSA) is 65.6 Å². The van der Waals surface area contributed by atoms with Gasteiger partial charge in [-0.05, 0) is 29.5 Å². The fourth-order valence-corrected chi connectivity index (χ4v) is 3.34. The maximum absolute atomic E-state index is 12.4. The molecule has 0 spiro atoms. The van der Waals surface area contributed by atoms with Crippen molar-refractivity contribution in [3.63, 3.8) is 0 Å². The number of hydrogen-bond donors (Lipinski definition) is 1. The van der Waals surface area contributed by atoms with Gasteiger partial charge in [0.15, 0.2) is 0 Å². The highest BCUT2D eigenvalue weighted by molar-refractivity contribution is 5.80. The van der Waals surface area contributed by atoms with Gasteiger partial charge in [-0.3, -0.25) is 14.5 Å². The molecule has 0 unspecified atom stereocenters. The van der Waals surface area contributed by atoms with Crippen molar-refractivity contribution in [1.82, 2.24) is 14.8 Å². The lowest BCUT2D eigenvalue weighted by atomic mass is 10.1. The number of carbonyl (C=O) groups excluding carboxylic acids is 1. The van der Waals surface area contributed by atoms with Crippen LogP contribution in [0.25, 0.3) is 10.9 Å². The summed E-state index contributed by atoms with van der Waals surface area (Å²) in [4.78, 5) is 31.7. The van der Waals surface area contributed by atoms with Crippen molar-refractivity contribution in [2.24, 2.45) is 5.92 Å². The van der Waals surface area contributed by atoms with Crippen LogP contribution in [-0.2, 0) is 11.3 Å². The van der Waals surface area contributed by atoms with Gasteiger partial charge < -0.3 is 14.6 Å². The fourth-order valence-electron chi connectivity index (χ4n) is 3.34. The number of H-pyrrole nitrogens is 1. The SMILES string of the molecule is COc1ccc2cc(CN3CCN(C(=O)CC(C)C)CC3)c(=O)[nH]c2c1. The predicted octanol–water partition coefficient (Wildman–Crippen LogP) is 2.23. The number of hydrogen-bond acceptors (Lipinski definition) is 4. The van der Waals surface area contributed by atoms with Gasteiger partial charge in [0, 0.05) is 50.8 Å². The molecular formula is C20H27N3O3. The monoisotopic (exact) mass is 357 g/mol. The number of nitrogens with zero attached hydrogens (tertiary/aromatic N) is 2. The second kappa shape index (κ2) is 7.91. The molecule has 2 aromatic rings. The van der Waals surface area contributed by atoms with Crippen LogP contribution in [0.5, 0.6) is 5.75 Å². The maximum Gasteiger partial charge on any atom is 0.252 e. The van der Waals surface area contributed by atoms with Crippen LogP contribution in [0.2, 0.25) is 0 Å². The van der Waals surface area contributed by atoms with E-state index in [2.05, 4.69) is 23.7 Å². The molecule has 3 rings (SSSR count). The number of carbonyl (C=O) groups is 1. The van der Waals surface area contributed by atoms with Crippen molar-refractivity contribution >= 4 is 16.8 Å². The molecule has 1 N–H and O–H groups in total. The highest BCUT2D eigenvalue weighted by atomic mass is 16.5. The smallest absolute Gasteiger partial charge is 0.252 e. The number of aromatic amines is 1. The molecule has 1 aromatic carbocycles. The highest BCUT2D eigenvalue weighted by Gasteiger charge is 2.22. The van der Waals surface area contributed by atoms with E-state index in [4.69, 9.17) is 4.74 Å². The summed E-state index contributed by atoms with van der Waals surface area (Å²) in [5, 5.41) is 0.992. The zero-order chi connectivity index (χ0) is 18.7. The largest absolute Gasteiger partial charge is 0.497 e. The Morgan fingerprint density at radius 1 is 1.19 bits per heavy atom. The van der Waals surface area contributed by atoms with Crippen LogP contribution in [0.1, 0.15) is 25.8 Å². The number of piperazine rings is 1. The third-order valence-corrected chi connectivity index (χ3v) is 4.83. The number of amides is 1. The quantitative estimate of drug-likeness (QED) is 0.891. The summed E-state index contributed by atoms with van der Waals surface area (Å²) in [6, 6.07) is 7.63. The molecule has 140 valence electrons. The van der Waals surface area contributed by atoms with Gasteiger partial charge in [-0.25, -0.2) is 0 Å². The van der Waals surface area contributed by atoms with Crippen molar-refractivity contribution in [2.75, 3.05) is 33.3 Å². The summed E-state index contributed by atoms with van der Waals surface area (Å²) in [5.74, 6) is 1.34. The molecule has 0 aliphatic carbocycles. The molecule has 0 saturated carbocycles. The Balaban J connectivity index is 1.66. The molecule has 1 aromatic heterocycles. The first-order valence-corrected chi connectivity index (χ1v) is 9.16. The Bertz CT molecular complexity index is 836. The summed E-state index contributed by atoms with van der Waals surface area (Å²) >= 11 is 0. The first-order chi connectivity index (χ1) is 12.5. The van der Waals surface area contributed by atoms with Gasteiger partial charge in [0.1, 0.15) is 5.75 Å². The van der Waals surface area contributed by atoms with E-state index < -0.39 is 0 Å². The van der Waals surface area contributed by atoms with Crippen molar-refractivity contribution in [3.8, 4) is 5.75 Å². The number of aromatic nitrogens is 1. The molecule has 0 bridgehead atoms. The average Bonchev–Trinajstić information content (AvgIpc) is 2.62. The molecule has 1 saturated heterocycles. The first kappa shape index (κ1) is 18.5. The van der Waals surface area contributed by atoms with Crippen molar-refractivity contribution in [3.05, 3.63) is 40.2 Å². The van der Waals surface area contributed by atoms with Crippen LogP contribution in [0.15, 0.2) is 29.1 Å². The molecule has 6 heteroatoms. The predicted molar refractivity (Wildman–Crippen MR) is 102 cm³/mol. The number of rotatable bonds is 5. The summed E-state index contributed by atoms with van der Waals surface area (Å²) in [6.45, 7) is 7.78. The second-order valence-electron chi connectivity index (χ2n) is 7.33. The first-order valence-electron chi connectivity index (χ1n) is 9.16. The van der Waals surface area contributed by atoms with Crippen LogP contribution >= 0.6 is 0 Å². The lowest BCUT2D eigenvalue weighted by Gasteiger charge is -2.35. The Kier molecular flexibility index (Phi) is 5.61. The van der Waals surface area contributed by atoms with E-state index in [0.717, 1.165) is 48.4 Å². The number of methoxy groups -OCH3 is 1. The minimum Gasteiger partial charge on any atom is -0.497 e. The molecule has 1 amide bonds. The molecule has 1 aliphatic rings. The van der Waals surface area contributed by atoms with Crippen molar-refractivity contribution < 1.29 is 9.53 Å². The number of ether oxygens (including phenoxy) is 1. The minimum atomic E-state index is -0.0657. The van der Waals surface area contributed by atoms with E-state index >= 15 is 0 Å². The van der Waals surface area contributed by atoms with Gasteiger partial charge in [-0.15, -0.1) is 0 Å². The Hall–Kier alpha value is -2.34. The van der Waals surface area contributed by atoms with Crippen LogP contribution in [0.4, 0.5) is 0 Å². The van der Waals surface area contributed by atoms with Crippen molar-refractivity contribution in [2.45, 2.75) is 26.8 Å². The third kappa shape index (κ3) is 4.25. The van der Waals surface area contributed by atoms with Crippen molar-refractivity contribution in [1.29, 1.82) is 0 Å². The van der Waals surface area contributed by atoms with Crippen LogP contribution in [0, 0.1) is 5.92 Å². The molecule has 2 heterocycles. The van der Waals surface area contributed by atoms with Crippen LogP contribution in [-0.4, -0.2) is 54.0 Å². The van der Waals surface area contributed by atoms with Crippen LogP contribution in [0.3, 0.4) is 0 Å². The van der Waals surface area contributed by atoms with Crippen LogP contribution < -0.4 is 10.3 Å². The van der Waals surface area contributed by atoms with E-state index in [1.165, 1.54) is 0 Å². The van der Waals surface area contributed by atoms with E-state index in [1.807, 2.05) is 29.2 Å². The summed E-state index contributed by atoms with van der Waals surface area (Å²) in [5.41, 5.74) is 1.47. The lowest BCUT2D eigenvalue weighted by molar-refractivity contribution is -0.133. The van der Waals surface area contributed by atoms with Gasteiger partial charge in [-0.1, -0.05) is 13.8 Å². The Morgan fingerprint density at radius 3 is 2.58 bits per heavy atom. The Morgan fingerprint density at radius 2 is 1.92 bits per heavy atom. The summed E-state index contributed by atoms with van der Waals surface area (Å²) in [6.07, 6.45) is 0.605. The molecule has 1 aliphatic heterocycles. The molecule has 0 radical (unpaired) electrons. The highest BCUT2D eigenvalue weighted by Crippen LogP contribution is 2.19. The molecule has 26 heavy (non-hydrogen) atoms. The molecule has 1 fully saturated rings. The Labute approximate surface area is 153 Å². The second-order valence-corrected chi connectivity index (χ2v) is 7.33. The zero-order valence-electron chi connectivity index (χ0n) is 15.7. The summed E-state index contributed by atoms with van der Waals surface area (Å²) in [7, 11) is 1.61. The molecule has 0 atom stereocenters. The number of fused-ring (bicyclic) bond motifs is 1. The standard InChI is InChI=1S/C20H27N3O3/c1-14(2)10-19(24)23-8-6-22(7-9-23)13-16-11-15-4-5-17(26-3)12-18(15)21-20(16)25/h4-5,11-12,14H,6-10,13H2,1-3H3,(H,21,25). The van der Waals surface area contributed by atoms with Gasteiger partial charge in [0.05, 0.1) is 12.6 Å². The molecule has 6 nitrogen and oxygen atoms in total. The number of benzene rings is 1. The lowest BCUT2D eigenvalue weighted by Crippen LogP contribution is -2.48. The van der Waals surface area contributed by atoms with Gasteiger partial charge >= 0.3 is 0 Å². The fraction of sp³-hybridized carbons (Fsp3) is 0.500. The summed E-state index contributed by atoms with van der Waals surface area (Å²) < 4.78 is 5.20. The maximum atomic E-state index is 12.4. The number of pyridine rings is 1. The zero-order valence-corrected chi connectivity index (χ0v) is 15.7. The third-order valence-electron chi connectivity index (χ3n) is 4.83. The average molecular weight is 357 g/mol. The minimum absolute atomic E-state index is 0.0657. The number of nitrogens with one attached hydrogen (secondary N) is 1. The van der Waals surface area contributed by atoms with E-state index in [0.29, 0.717) is 18.9 Å². The normalized spacial score (nSPS) is 15.6. The van der Waals surface area contributed by atoms with Gasteiger partial charge in [0.25, 0.3) is 5.56 Å². The van der Waals surface area contributed by atoms with E-state index in [-0.39, 0.29) is 11.5 Å². The molecular weight excluding hydrogens is 330 g/mol. The van der Waals surface area contributed by atoms with E-state index in [9.17, 15) is 9.59 Å². The van der Waals surface area contributed by atoms with E-state index in [1.54, 1.807) is 7.11 Å². The van der Waals surface area contributed by atoms with Gasteiger partial charge in [0.2, 0.25) is 5.91 Å². The van der Waals surface area contributed by atoms with Gasteiger partial charge in [-0.2, -0.15) is 0 Å².